The van der Waals surface area contributed by atoms with E-state index in [0.29, 0.717) is 12.0 Å². The van der Waals surface area contributed by atoms with E-state index in [0.717, 1.165) is 38.9 Å². The van der Waals surface area contributed by atoms with Crippen LogP contribution in [0.25, 0.3) is 0 Å². The molecule has 4 heteroatoms. The average molecular weight is 239 g/mol. The number of likely N-dealkylation sites (tertiary alicyclic amines) is 1. The average Bonchev–Trinajstić information content (AvgIpc) is 2.29. The van der Waals surface area contributed by atoms with Crippen molar-refractivity contribution in [1.29, 1.82) is 0 Å². The Labute approximate surface area is 104 Å². The van der Waals surface area contributed by atoms with Gasteiger partial charge in [-0.3, -0.25) is 9.89 Å². The SMILES string of the molecule is CC(C)(O)C1CCN(C2CCN=CC2N)CC1. The Morgan fingerprint density at radius 2 is 1.94 bits per heavy atom. The molecule has 0 aromatic heterocycles. The Morgan fingerprint density at radius 3 is 2.47 bits per heavy atom. The van der Waals surface area contributed by atoms with Gasteiger partial charge in [-0.25, -0.2) is 0 Å². The van der Waals surface area contributed by atoms with Gasteiger partial charge in [0.15, 0.2) is 0 Å². The van der Waals surface area contributed by atoms with Gasteiger partial charge in [0, 0.05) is 18.8 Å². The van der Waals surface area contributed by atoms with Gasteiger partial charge in [-0.15, -0.1) is 0 Å². The fourth-order valence-electron chi connectivity index (χ4n) is 3.06. The van der Waals surface area contributed by atoms with E-state index in [9.17, 15) is 5.11 Å². The monoisotopic (exact) mass is 239 g/mol. The Bertz CT molecular complexity index is 277. The number of hydrogen-bond donors (Lipinski definition) is 2. The number of piperidine rings is 1. The second kappa shape index (κ2) is 5.04. The van der Waals surface area contributed by atoms with Gasteiger partial charge in [0.25, 0.3) is 0 Å². The number of rotatable bonds is 2. The molecule has 0 spiro atoms. The molecule has 2 heterocycles. The zero-order valence-electron chi connectivity index (χ0n) is 11.0. The Balaban J connectivity index is 1.89. The molecule has 0 radical (unpaired) electrons. The Hall–Kier alpha value is -0.450. The summed E-state index contributed by atoms with van der Waals surface area (Å²) in [5, 5.41) is 10.0. The van der Waals surface area contributed by atoms with Crippen LogP contribution in [0.15, 0.2) is 4.99 Å². The molecule has 2 atom stereocenters. The summed E-state index contributed by atoms with van der Waals surface area (Å²) >= 11 is 0. The normalized spacial score (nSPS) is 32.9. The largest absolute Gasteiger partial charge is 0.390 e. The first-order valence-corrected chi connectivity index (χ1v) is 6.70. The molecule has 0 saturated carbocycles. The minimum atomic E-state index is -0.539. The molecule has 0 aliphatic carbocycles. The molecule has 4 nitrogen and oxygen atoms in total. The summed E-state index contributed by atoms with van der Waals surface area (Å²) < 4.78 is 0. The molecule has 1 fully saturated rings. The second-order valence-corrected chi connectivity index (χ2v) is 5.95. The van der Waals surface area contributed by atoms with Crippen molar-refractivity contribution >= 4 is 6.21 Å². The van der Waals surface area contributed by atoms with Crippen LogP contribution in [0, 0.1) is 5.92 Å². The maximum Gasteiger partial charge on any atom is 0.0620 e. The zero-order valence-corrected chi connectivity index (χ0v) is 11.0. The van der Waals surface area contributed by atoms with Gasteiger partial charge < -0.3 is 10.8 Å². The molecular formula is C13H25N3O. The van der Waals surface area contributed by atoms with Gasteiger partial charge in [0.2, 0.25) is 0 Å². The smallest absolute Gasteiger partial charge is 0.0620 e. The lowest BCUT2D eigenvalue weighted by atomic mass is 9.82. The van der Waals surface area contributed by atoms with E-state index in [-0.39, 0.29) is 6.04 Å². The van der Waals surface area contributed by atoms with Crippen LogP contribution in [0.3, 0.4) is 0 Å². The highest BCUT2D eigenvalue weighted by Crippen LogP contribution is 2.29. The Morgan fingerprint density at radius 1 is 1.29 bits per heavy atom. The summed E-state index contributed by atoms with van der Waals surface area (Å²) in [5.41, 5.74) is 5.55. The molecule has 2 unspecified atom stereocenters. The predicted molar refractivity (Wildman–Crippen MR) is 70.3 cm³/mol. The standard InChI is InChI=1S/C13H25N3O/c1-13(2,17)10-4-7-16(8-5-10)12-3-6-15-9-11(12)14/h9-12,17H,3-8,14H2,1-2H3. The molecule has 17 heavy (non-hydrogen) atoms. The van der Waals surface area contributed by atoms with Crippen LogP contribution in [-0.2, 0) is 0 Å². The molecule has 0 amide bonds. The summed E-state index contributed by atoms with van der Waals surface area (Å²) in [6.07, 6.45) is 5.12. The van der Waals surface area contributed by atoms with Crippen LogP contribution in [-0.4, -0.2) is 53.5 Å². The first-order valence-electron chi connectivity index (χ1n) is 6.70. The third-order valence-electron chi connectivity index (χ3n) is 4.27. The van der Waals surface area contributed by atoms with Crippen molar-refractivity contribution in [2.24, 2.45) is 16.6 Å². The van der Waals surface area contributed by atoms with Crippen LogP contribution >= 0.6 is 0 Å². The molecule has 0 bridgehead atoms. The lowest BCUT2D eigenvalue weighted by molar-refractivity contribution is -0.0198. The van der Waals surface area contributed by atoms with Gasteiger partial charge in [-0.05, 0) is 52.1 Å². The van der Waals surface area contributed by atoms with Crippen molar-refractivity contribution in [3.63, 3.8) is 0 Å². The maximum absolute atomic E-state index is 10.0. The van der Waals surface area contributed by atoms with Gasteiger partial charge in [0.1, 0.15) is 0 Å². The van der Waals surface area contributed by atoms with Crippen LogP contribution in [0.4, 0.5) is 0 Å². The summed E-state index contributed by atoms with van der Waals surface area (Å²) in [6, 6.07) is 0.540. The van der Waals surface area contributed by atoms with E-state index in [1.165, 1.54) is 0 Å². The highest BCUT2D eigenvalue weighted by Gasteiger charge is 2.34. The van der Waals surface area contributed by atoms with Gasteiger partial charge in [0.05, 0.1) is 11.6 Å². The summed E-state index contributed by atoms with van der Waals surface area (Å²) in [5.74, 6) is 0.423. The third kappa shape index (κ3) is 3.06. The third-order valence-corrected chi connectivity index (χ3v) is 4.27. The molecule has 2 aliphatic heterocycles. The van der Waals surface area contributed by atoms with E-state index >= 15 is 0 Å². The quantitative estimate of drug-likeness (QED) is 0.743. The Kier molecular flexibility index (Phi) is 3.85. The summed E-state index contributed by atoms with van der Waals surface area (Å²) in [4.78, 5) is 6.72. The van der Waals surface area contributed by atoms with Gasteiger partial charge in [-0.2, -0.15) is 0 Å². The number of aliphatic imine (C=N–C) groups is 1. The molecule has 3 N–H and O–H groups in total. The summed E-state index contributed by atoms with van der Waals surface area (Å²) in [6.45, 7) is 6.87. The molecule has 0 aromatic carbocycles. The van der Waals surface area contributed by atoms with E-state index in [1.54, 1.807) is 0 Å². The molecule has 2 aliphatic rings. The second-order valence-electron chi connectivity index (χ2n) is 5.95. The number of aliphatic hydroxyl groups is 1. The van der Waals surface area contributed by atoms with Crippen LogP contribution in [0.5, 0.6) is 0 Å². The number of hydrogen-bond acceptors (Lipinski definition) is 4. The van der Waals surface area contributed by atoms with Crippen molar-refractivity contribution in [2.45, 2.75) is 50.8 Å². The van der Waals surface area contributed by atoms with Crippen molar-refractivity contribution in [2.75, 3.05) is 19.6 Å². The zero-order chi connectivity index (χ0) is 12.5. The van der Waals surface area contributed by atoms with Gasteiger partial charge in [-0.1, -0.05) is 0 Å². The van der Waals surface area contributed by atoms with Crippen molar-refractivity contribution in [1.82, 2.24) is 4.90 Å². The minimum absolute atomic E-state index is 0.0856. The molecule has 2 rings (SSSR count). The lowest BCUT2D eigenvalue weighted by Gasteiger charge is -2.43. The molecule has 98 valence electrons. The lowest BCUT2D eigenvalue weighted by Crippen LogP contribution is -2.54. The van der Waals surface area contributed by atoms with Gasteiger partial charge >= 0.3 is 0 Å². The highest BCUT2D eigenvalue weighted by atomic mass is 16.3. The van der Waals surface area contributed by atoms with Crippen LogP contribution in [0.1, 0.15) is 33.1 Å². The molecular weight excluding hydrogens is 214 g/mol. The highest BCUT2D eigenvalue weighted by molar-refractivity contribution is 5.66. The fourth-order valence-corrected chi connectivity index (χ4v) is 3.06. The van der Waals surface area contributed by atoms with Crippen LogP contribution in [0.2, 0.25) is 0 Å². The van der Waals surface area contributed by atoms with E-state index in [4.69, 9.17) is 5.73 Å². The fraction of sp³-hybridized carbons (Fsp3) is 0.923. The van der Waals surface area contributed by atoms with Crippen LogP contribution < -0.4 is 5.73 Å². The van der Waals surface area contributed by atoms with Crippen molar-refractivity contribution < 1.29 is 5.11 Å². The number of nitrogens with two attached hydrogens (primary N) is 1. The molecule has 1 saturated heterocycles. The summed E-state index contributed by atoms with van der Waals surface area (Å²) in [7, 11) is 0. The van der Waals surface area contributed by atoms with E-state index in [1.807, 2.05) is 20.1 Å². The molecule has 0 aromatic rings. The van der Waals surface area contributed by atoms with E-state index in [2.05, 4.69) is 9.89 Å². The topological polar surface area (TPSA) is 61.8 Å². The number of nitrogens with zero attached hydrogens (tertiary/aromatic N) is 2. The predicted octanol–water partition coefficient (Wildman–Crippen LogP) is 0.640. The van der Waals surface area contributed by atoms with Crippen molar-refractivity contribution in [3.05, 3.63) is 0 Å². The maximum atomic E-state index is 10.0. The van der Waals surface area contributed by atoms with E-state index < -0.39 is 5.60 Å². The first kappa shape index (κ1) is 13.0. The van der Waals surface area contributed by atoms with Crippen molar-refractivity contribution in [3.8, 4) is 0 Å². The minimum Gasteiger partial charge on any atom is -0.390 e. The first-order chi connectivity index (χ1) is 7.98.